The smallest absolute Gasteiger partial charge is 0.267 e. The van der Waals surface area contributed by atoms with Crippen molar-refractivity contribution in [3.05, 3.63) is 52.7 Å². The maximum Gasteiger partial charge on any atom is 0.267 e. The van der Waals surface area contributed by atoms with Crippen LogP contribution in [0.4, 0.5) is 5.69 Å². The maximum atomic E-state index is 13.4. The average molecular weight is 627 g/mol. The van der Waals surface area contributed by atoms with Crippen LogP contribution in [0.25, 0.3) is 0 Å². The minimum Gasteiger partial charge on any atom is -0.488 e. The molecule has 2 aromatic heterocycles. The topological polar surface area (TPSA) is 159 Å². The van der Waals surface area contributed by atoms with Crippen molar-refractivity contribution < 1.29 is 36.0 Å². The van der Waals surface area contributed by atoms with Crippen molar-refractivity contribution >= 4 is 43.0 Å². The van der Waals surface area contributed by atoms with Crippen LogP contribution in [0.1, 0.15) is 30.9 Å². The third-order valence-electron chi connectivity index (χ3n) is 7.00. The molecule has 1 amide bonds. The van der Waals surface area contributed by atoms with E-state index in [1.165, 1.54) is 43.4 Å². The standard InChI is InChI=1S/C26H34N4O8S3/c1-16-13-30(17(2)15-31)24(32)12-20-11-21(28-40(33,34)26-18(3)27-38-19(26)4)8-9-22(20)37-23(16)14-29(5)41(35,36)25-7-6-10-39-25/h6-11,16-17,23,28,31H,12-15H2,1-5H3/t16-,17-,23-/m1/s1. The number of benzene rings is 1. The van der Waals surface area contributed by atoms with Gasteiger partial charge in [-0.3, -0.25) is 9.52 Å². The molecule has 3 aromatic rings. The number of carbonyl (C=O) groups is 1. The molecule has 0 spiro atoms. The zero-order valence-corrected chi connectivity index (χ0v) is 25.8. The van der Waals surface area contributed by atoms with Crippen LogP contribution >= 0.6 is 11.3 Å². The number of rotatable bonds is 9. The first-order valence-corrected chi connectivity index (χ1v) is 16.7. The number of anilines is 1. The summed E-state index contributed by atoms with van der Waals surface area (Å²) in [6.45, 7) is 6.56. The number of aromatic nitrogens is 1. The first-order chi connectivity index (χ1) is 19.2. The highest BCUT2D eigenvalue weighted by molar-refractivity contribution is 7.92. The number of nitrogens with zero attached hydrogens (tertiary/aromatic N) is 3. The van der Waals surface area contributed by atoms with Crippen molar-refractivity contribution in [2.45, 2.75) is 55.4 Å². The van der Waals surface area contributed by atoms with Crippen LogP contribution in [-0.4, -0.2) is 81.1 Å². The number of fused-ring (bicyclic) bond motifs is 1. The third kappa shape index (κ3) is 6.59. The van der Waals surface area contributed by atoms with E-state index in [1.807, 2.05) is 6.92 Å². The molecule has 12 nitrogen and oxygen atoms in total. The van der Waals surface area contributed by atoms with E-state index in [4.69, 9.17) is 9.26 Å². The predicted octanol–water partition coefficient (Wildman–Crippen LogP) is 2.62. The molecule has 0 saturated carbocycles. The number of ether oxygens (including phenoxy) is 1. The highest BCUT2D eigenvalue weighted by Gasteiger charge is 2.34. The lowest BCUT2D eigenvalue weighted by Crippen LogP contribution is -2.48. The van der Waals surface area contributed by atoms with Gasteiger partial charge in [0.25, 0.3) is 20.0 Å². The Balaban J connectivity index is 1.70. The summed E-state index contributed by atoms with van der Waals surface area (Å²) in [6.07, 6.45) is -0.791. The molecule has 41 heavy (non-hydrogen) atoms. The van der Waals surface area contributed by atoms with Crippen molar-refractivity contribution in [3.8, 4) is 5.75 Å². The Labute approximate surface area is 244 Å². The average Bonchev–Trinajstić information content (AvgIpc) is 3.57. The Morgan fingerprint density at radius 2 is 1.98 bits per heavy atom. The number of hydrogen-bond acceptors (Lipinski definition) is 10. The van der Waals surface area contributed by atoms with Crippen LogP contribution in [0.2, 0.25) is 0 Å². The van der Waals surface area contributed by atoms with Crippen LogP contribution in [0, 0.1) is 19.8 Å². The van der Waals surface area contributed by atoms with E-state index < -0.39 is 32.2 Å². The lowest BCUT2D eigenvalue weighted by Gasteiger charge is -2.33. The molecule has 1 aromatic carbocycles. The van der Waals surface area contributed by atoms with E-state index in [0.717, 1.165) is 11.3 Å². The second-order valence-corrected chi connectivity index (χ2v) is 15.0. The summed E-state index contributed by atoms with van der Waals surface area (Å²) in [5.74, 6) is -0.133. The van der Waals surface area contributed by atoms with Crippen LogP contribution in [0.15, 0.2) is 49.3 Å². The van der Waals surface area contributed by atoms with E-state index >= 15 is 0 Å². The van der Waals surface area contributed by atoms with Gasteiger partial charge in [-0.25, -0.2) is 16.8 Å². The summed E-state index contributed by atoms with van der Waals surface area (Å²) in [5.41, 5.74) is 0.818. The summed E-state index contributed by atoms with van der Waals surface area (Å²) in [7, 11) is -6.33. The summed E-state index contributed by atoms with van der Waals surface area (Å²) >= 11 is 1.12. The second kappa shape index (κ2) is 12.1. The summed E-state index contributed by atoms with van der Waals surface area (Å²) in [4.78, 5) is 14.9. The maximum absolute atomic E-state index is 13.4. The van der Waals surface area contributed by atoms with Crippen molar-refractivity contribution in [1.29, 1.82) is 0 Å². The fourth-order valence-electron chi connectivity index (χ4n) is 4.69. The van der Waals surface area contributed by atoms with Crippen molar-refractivity contribution in [2.75, 3.05) is 31.5 Å². The molecule has 15 heteroatoms. The van der Waals surface area contributed by atoms with Gasteiger partial charge in [-0.05, 0) is 50.4 Å². The quantitative estimate of drug-likeness (QED) is 0.364. The molecule has 4 rings (SSSR count). The van der Waals surface area contributed by atoms with Gasteiger partial charge < -0.3 is 19.3 Å². The van der Waals surface area contributed by atoms with Crippen molar-refractivity contribution in [2.24, 2.45) is 5.92 Å². The zero-order chi connectivity index (χ0) is 30.1. The Bertz CT molecular complexity index is 1580. The number of carbonyl (C=O) groups excluding carboxylic acids is 1. The Morgan fingerprint density at radius 3 is 2.59 bits per heavy atom. The SMILES string of the molecule is Cc1noc(C)c1S(=O)(=O)Nc1ccc2c(c1)CC(=O)N([C@H](C)CO)C[C@@H](C)[C@@H](CN(C)S(=O)(=O)c1cccs1)O2. The van der Waals surface area contributed by atoms with Gasteiger partial charge in [-0.15, -0.1) is 11.3 Å². The molecule has 2 N–H and O–H groups in total. The van der Waals surface area contributed by atoms with E-state index in [1.54, 1.807) is 29.3 Å². The highest BCUT2D eigenvalue weighted by Crippen LogP contribution is 2.31. The number of nitrogens with one attached hydrogen (secondary N) is 1. The summed E-state index contributed by atoms with van der Waals surface area (Å²) in [6, 6.07) is 7.29. The van der Waals surface area contributed by atoms with Gasteiger partial charge in [-0.2, -0.15) is 4.31 Å². The lowest BCUT2D eigenvalue weighted by molar-refractivity contribution is -0.134. The predicted molar refractivity (Wildman–Crippen MR) is 153 cm³/mol. The van der Waals surface area contributed by atoms with Crippen LogP contribution in [0.5, 0.6) is 5.75 Å². The molecular formula is C26H34N4O8S3. The molecule has 0 aliphatic carbocycles. The fourth-order valence-corrected chi connectivity index (χ4v) is 8.46. The number of aliphatic hydroxyl groups excluding tert-OH is 1. The monoisotopic (exact) mass is 626 g/mol. The summed E-state index contributed by atoms with van der Waals surface area (Å²) in [5, 5.41) is 15.2. The number of thiophene rings is 1. The third-order valence-corrected chi connectivity index (χ3v) is 11.8. The number of sulfonamides is 2. The molecule has 3 atom stereocenters. The molecule has 0 saturated heterocycles. The Morgan fingerprint density at radius 1 is 1.24 bits per heavy atom. The zero-order valence-electron chi connectivity index (χ0n) is 23.4. The highest BCUT2D eigenvalue weighted by atomic mass is 32.2. The number of aliphatic hydroxyl groups is 1. The van der Waals surface area contributed by atoms with Crippen molar-refractivity contribution in [1.82, 2.24) is 14.4 Å². The first-order valence-electron chi connectivity index (χ1n) is 12.9. The van der Waals surface area contributed by atoms with Gasteiger partial charge in [0.1, 0.15) is 21.8 Å². The summed E-state index contributed by atoms with van der Waals surface area (Å²) < 4.78 is 67.8. The Kier molecular flexibility index (Phi) is 9.13. The number of hydrogen-bond donors (Lipinski definition) is 2. The van der Waals surface area contributed by atoms with Crippen LogP contribution in [0.3, 0.4) is 0 Å². The van der Waals surface area contributed by atoms with Gasteiger partial charge >= 0.3 is 0 Å². The van der Waals surface area contributed by atoms with Gasteiger partial charge in [0, 0.05) is 30.8 Å². The van der Waals surface area contributed by atoms with Crippen LogP contribution in [-0.2, 0) is 31.3 Å². The molecule has 3 heterocycles. The molecule has 0 bridgehead atoms. The van der Waals surface area contributed by atoms with E-state index in [2.05, 4.69) is 9.88 Å². The number of amides is 1. The Hall–Kier alpha value is -2.98. The molecule has 224 valence electrons. The van der Waals surface area contributed by atoms with E-state index in [0.29, 0.717) is 11.3 Å². The van der Waals surface area contributed by atoms with E-state index in [9.17, 15) is 26.7 Å². The minimum atomic E-state index is -4.04. The lowest BCUT2D eigenvalue weighted by atomic mass is 10.0. The molecule has 0 radical (unpaired) electrons. The number of likely N-dealkylation sites (N-methyl/N-ethyl adjacent to an activating group) is 1. The first kappa shape index (κ1) is 31.0. The van der Waals surface area contributed by atoms with Gasteiger partial charge in [0.15, 0.2) is 10.7 Å². The largest absolute Gasteiger partial charge is 0.488 e. The molecule has 1 aliphatic rings. The fraction of sp³-hybridized carbons (Fsp3) is 0.462. The second-order valence-electron chi connectivity index (χ2n) is 10.2. The van der Waals surface area contributed by atoms with Gasteiger partial charge in [-0.1, -0.05) is 18.1 Å². The number of aryl methyl sites for hydroxylation is 2. The normalized spacial score (nSPS) is 19.2. The van der Waals surface area contributed by atoms with Crippen molar-refractivity contribution in [3.63, 3.8) is 0 Å². The van der Waals surface area contributed by atoms with Gasteiger partial charge in [0.2, 0.25) is 5.91 Å². The van der Waals surface area contributed by atoms with Gasteiger partial charge in [0.05, 0.1) is 25.6 Å². The molecule has 1 aliphatic heterocycles. The molecule has 0 unspecified atom stereocenters. The molecular weight excluding hydrogens is 593 g/mol. The van der Waals surface area contributed by atoms with E-state index in [-0.39, 0.29) is 64.2 Å². The molecule has 0 fully saturated rings. The van der Waals surface area contributed by atoms with Crippen LogP contribution < -0.4 is 9.46 Å². The minimum absolute atomic E-state index is 0.00317.